The van der Waals surface area contributed by atoms with Crippen LogP contribution in [0, 0.1) is 0 Å². The number of nitrogens with zero attached hydrogens (tertiary/aromatic N) is 3. The Balaban J connectivity index is 1.38. The summed E-state index contributed by atoms with van der Waals surface area (Å²) >= 11 is 1.81. The molecule has 0 aliphatic heterocycles. The monoisotopic (exact) mass is 330 g/mol. The Kier molecular flexibility index (Phi) is 3.93. The van der Waals surface area contributed by atoms with Gasteiger partial charge in [0.2, 0.25) is 0 Å². The topological polar surface area (TPSA) is 59.8 Å². The molecule has 0 spiro atoms. The van der Waals surface area contributed by atoms with Crippen molar-refractivity contribution in [2.24, 2.45) is 7.05 Å². The van der Waals surface area contributed by atoms with Gasteiger partial charge in [0.1, 0.15) is 0 Å². The predicted octanol–water partition coefficient (Wildman–Crippen LogP) is 2.22. The number of amides is 1. The maximum atomic E-state index is 12.5. The van der Waals surface area contributed by atoms with E-state index in [1.54, 1.807) is 0 Å². The van der Waals surface area contributed by atoms with Crippen molar-refractivity contribution >= 4 is 17.2 Å². The molecule has 2 aromatic rings. The van der Waals surface area contributed by atoms with Crippen molar-refractivity contribution in [2.45, 2.75) is 51.4 Å². The van der Waals surface area contributed by atoms with E-state index < -0.39 is 0 Å². The number of hydrogen-bond acceptors (Lipinski definition) is 4. The molecule has 0 aromatic carbocycles. The molecule has 4 rings (SSSR count). The van der Waals surface area contributed by atoms with Crippen LogP contribution in [-0.4, -0.2) is 27.2 Å². The maximum absolute atomic E-state index is 12.5. The Morgan fingerprint density at radius 1 is 1.22 bits per heavy atom. The maximum Gasteiger partial charge on any atom is 0.272 e. The Hall–Kier alpha value is -1.69. The fourth-order valence-corrected chi connectivity index (χ4v) is 4.83. The van der Waals surface area contributed by atoms with Crippen LogP contribution in [0.2, 0.25) is 0 Å². The molecule has 0 fully saturated rings. The first-order valence-corrected chi connectivity index (χ1v) is 9.34. The van der Waals surface area contributed by atoms with E-state index >= 15 is 0 Å². The van der Waals surface area contributed by atoms with Gasteiger partial charge in [0.25, 0.3) is 5.91 Å². The number of carbonyl (C=O) groups is 1. The molecular weight excluding hydrogens is 308 g/mol. The van der Waals surface area contributed by atoms with Gasteiger partial charge in [-0.25, -0.2) is 4.98 Å². The minimum atomic E-state index is -0.0344. The first-order chi connectivity index (χ1) is 11.2. The molecule has 0 unspecified atom stereocenters. The van der Waals surface area contributed by atoms with Gasteiger partial charge in [-0.05, 0) is 44.9 Å². The van der Waals surface area contributed by atoms with E-state index in [1.165, 1.54) is 35.5 Å². The molecule has 2 aliphatic rings. The molecular formula is C17H22N4OS. The van der Waals surface area contributed by atoms with Crippen LogP contribution >= 0.6 is 11.3 Å². The quantitative estimate of drug-likeness (QED) is 0.935. The molecule has 0 atom stereocenters. The summed E-state index contributed by atoms with van der Waals surface area (Å²) in [5.41, 5.74) is 4.31. The number of hydrogen-bond donors (Lipinski definition) is 1. The number of aryl methyl sites for hydroxylation is 3. The van der Waals surface area contributed by atoms with E-state index in [4.69, 9.17) is 0 Å². The average molecular weight is 330 g/mol. The summed E-state index contributed by atoms with van der Waals surface area (Å²) in [7, 11) is 1.94. The van der Waals surface area contributed by atoms with E-state index in [0.29, 0.717) is 12.2 Å². The average Bonchev–Trinajstić information content (AvgIpc) is 3.21. The highest BCUT2D eigenvalue weighted by molar-refractivity contribution is 7.11. The molecule has 6 heteroatoms. The van der Waals surface area contributed by atoms with Crippen molar-refractivity contribution in [1.29, 1.82) is 0 Å². The van der Waals surface area contributed by atoms with Crippen molar-refractivity contribution in [3.63, 3.8) is 0 Å². The molecule has 0 saturated heterocycles. The Labute approximate surface area is 140 Å². The highest BCUT2D eigenvalue weighted by Gasteiger charge is 2.23. The molecule has 23 heavy (non-hydrogen) atoms. The third-order valence-electron chi connectivity index (χ3n) is 4.84. The van der Waals surface area contributed by atoms with Crippen LogP contribution in [-0.2, 0) is 39.2 Å². The number of fused-ring (bicyclic) bond motifs is 2. The zero-order valence-electron chi connectivity index (χ0n) is 13.5. The molecule has 2 heterocycles. The second kappa shape index (κ2) is 6.07. The van der Waals surface area contributed by atoms with Gasteiger partial charge in [0.15, 0.2) is 5.69 Å². The van der Waals surface area contributed by atoms with E-state index in [9.17, 15) is 4.79 Å². The molecule has 2 aliphatic carbocycles. The van der Waals surface area contributed by atoms with Crippen LogP contribution in [0.5, 0.6) is 0 Å². The fourth-order valence-electron chi connectivity index (χ4n) is 3.67. The minimum absolute atomic E-state index is 0.0344. The van der Waals surface area contributed by atoms with E-state index in [1.807, 2.05) is 23.1 Å². The third-order valence-corrected chi connectivity index (χ3v) is 6.06. The fraction of sp³-hybridized carbons (Fsp3) is 0.588. The van der Waals surface area contributed by atoms with Gasteiger partial charge in [-0.3, -0.25) is 9.48 Å². The van der Waals surface area contributed by atoms with Gasteiger partial charge in [-0.2, -0.15) is 5.10 Å². The Bertz CT molecular complexity index is 725. The molecule has 0 bridgehead atoms. The van der Waals surface area contributed by atoms with Crippen LogP contribution < -0.4 is 5.32 Å². The molecule has 0 saturated carbocycles. The van der Waals surface area contributed by atoms with Crippen LogP contribution in [0.1, 0.15) is 56.6 Å². The molecule has 122 valence electrons. The highest BCUT2D eigenvalue weighted by Crippen LogP contribution is 2.27. The van der Waals surface area contributed by atoms with Gasteiger partial charge in [-0.1, -0.05) is 0 Å². The lowest BCUT2D eigenvalue weighted by atomic mass is 9.95. The van der Waals surface area contributed by atoms with Gasteiger partial charge in [0.05, 0.1) is 10.7 Å². The second-order valence-electron chi connectivity index (χ2n) is 6.44. The van der Waals surface area contributed by atoms with Crippen LogP contribution in [0.25, 0.3) is 0 Å². The zero-order chi connectivity index (χ0) is 15.8. The number of rotatable bonds is 4. The van der Waals surface area contributed by atoms with Gasteiger partial charge in [0, 0.05) is 36.1 Å². The van der Waals surface area contributed by atoms with Crippen LogP contribution in [0.3, 0.4) is 0 Å². The Morgan fingerprint density at radius 2 is 2.09 bits per heavy atom. The minimum Gasteiger partial charge on any atom is -0.350 e. The standard InChI is InChI=1S/C17H22N4OS/c1-21-13-7-3-2-5-11(13)16(20-21)17(22)18-10-9-15-19-12-6-4-8-14(12)23-15/h2-10H2,1H3,(H,18,22). The number of nitrogens with one attached hydrogen (secondary N) is 1. The summed E-state index contributed by atoms with van der Waals surface area (Å²) in [5, 5.41) is 8.63. The summed E-state index contributed by atoms with van der Waals surface area (Å²) in [6.07, 6.45) is 8.74. The first kappa shape index (κ1) is 14.9. The lowest BCUT2D eigenvalue weighted by Crippen LogP contribution is -2.27. The summed E-state index contributed by atoms with van der Waals surface area (Å²) in [5.74, 6) is -0.0344. The largest absolute Gasteiger partial charge is 0.350 e. The molecule has 2 aromatic heterocycles. The lowest BCUT2D eigenvalue weighted by Gasteiger charge is -2.12. The van der Waals surface area contributed by atoms with Gasteiger partial charge < -0.3 is 5.32 Å². The third kappa shape index (κ3) is 2.80. The summed E-state index contributed by atoms with van der Waals surface area (Å²) in [4.78, 5) is 18.6. The number of aromatic nitrogens is 3. The molecule has 1 N–H and O–H groups in total. The first-order valence-electron chi connectivity index (χ1n) is 8.53. The predicted molar refractivity (Wildman–Crippen MR) is 90.0 cm³/mol. The van der Waals surface area contributed by atoms with Crippen molar-refractivity contribution in [1.82, 2.24) is 20.1 Å². The van der Waals surface area contributed by atoms with Gasteiger partial charge >= 0.3 is 0 Å². The summed E-state index contributed by atoms with van der Waals surface area (Å²) < 4.78 is 1.88. The van der Waals surface area contributed by atoms with Crippen LogP contribution in [0.15, 0.2) is 0 Å². The Morgan fingerprint density at radius 3 is 2.96 bits per heavy atom. The normalized spacial score (nSPS) is 16.2. The van der Waals surface area contributed by atoms with Gasteiger partial charge in [-0.15, -0.1) is 11.3 Å². The highest BCUT2D eigenvalue weighted by atomic mass is 32.1. The number of carbonyl (C=O) groups excluding carboxylic acids is 1. The smallest absolute Gasteiger partial charge is 0.272 e. The van der Waals surface area contributed by atoms with Crippen molar-refractivity contribution in [3.05, 3.63) is 32.5 Å². The van der Waals surface area contributed by atoms with E-state index in [-0.39, 0.29) is 5.91 Å². The molecule has 0 radical (unpaired) electrons. The van der Waals surface area contributed by atoms with Crippen molar-refractivity contribution < 1.29 is 4.79 Å². The summed E-state index contributed by atoms with van der Waals surface area (Å²) in [6, 6.07) is 0. The molecule has 5 nitrogen and oxygen atoms in total. The van der Waals surface area contributed by atoms with E-state index in [2.05, 4.69) is 15.4 Å². The van der Waals surface area contributed by atoms with E-state index in [0.717, 1.165) is 42.7 Å². The second-order valence-corrected chi connectivity index (χ2v) is 7.61. The summed E-state index contributed by atoms with van der Waals surface area (Å²) in [6.45, 7) is 0.635. The lowest BCUT2D eigenvalue weighted by molar-refractivity contribution is 0.0947. The zero-order valence-corrected chi connectivity index (χ0v) is 14.3. The van der Waals surface area contributed by atoms with Crippen LogP contribution in [0.4, 0.5) is 0 Å². The van der Waals surface area contributed by atoms with Crippen molar-refractivity contribution in [2.75, 3.05) is 6.54 Å². The number of thiazole rings is 1. The van der Waals surface area contributed by atoms with Crippen molar-refractivity contribution in [3.8, 4) is 0 Å². The molecule has 1 amide bonds. The SMILES string of the molecule is Cn1nc(C(=O)NCCc2nc3c(s2)CCC3)c2c1CCCC2.